The third kappa shape index (κ3) is 3.26. The second-order valence-electron chi connectivity index (χ2n) is 4.30. The Bertz CT molecular complexity index is 672. The van der Waals surface area contributed by atoms with Gasteiger partial charge in [-0.15, -0.1) is 0 Å². The Kier molecular flexibility index (Phi) is 4.33. The van der Waals surface area contributed by atoms with Crippen molar-refractivity contribution in [2.75, 3.05) is 11.9 Å². The molecule has 0 atom stereocenters. The maximum atomic E-state index is 11.2. The maximum Gasteiger partial charge on any atom is 0.312 e. The van der Waals surface area contributed by atoms with E-state index in [0.717, 1.165) is 5.56 Å². The van der Waals surface area contributed by atoms with Crippen LogP contribution in [0.3, 0.4) is 0 Å². The number of nitro groups is 1. The van der Waals surface area contributed by atoms with Crippen molar-refractivity contribution in [2.45, 2.75) is 6.54 Å². The largest absolute Gasteiger partial charge is 0.409 e. The highest BCUT2D eigenvalue weighted by atomic mass is 32.1. The van der Waals surface area contributed by atoms with Gasteiger partial charge in [0.25, 0.3) is 0 Å². The molecule has 2 rings (SSSR count). The zero-order valence-corrected chi connectivity index (χ0v) is 11.9. The number of nitrogens with zero attached hydrogens (tertiary/aromatic N) is 4. The molecule has 0 aliphatic heterocycles. The summed E-state index contributed by atoms with van der Waals surface area (Å²) in [7, 11) is 1.72. The second kappa shape index (κ2) is 6.18. The average molecular weight is 307 g/mol. The predicted octanol–water partition coefficient (Wildman–Crippen LogP) is 1.78. The molecule has 2 aromatic rings. The molecule has 0 saturated carbocycles. The van der Waals surface area contributed by atoms with Crippen molar-refractivity contribution in [2.24, 2.45) is 10.9 Å². The Morgan fingerprint density at radius 3 is 3.00 bits per heavy atom. The minimum Gasteiger partial charge on any atom is -0.409 e. The summed E-state index contributed by atoms with van der Waals surface area (Å²) in [6, 6.07) is 3.18. The summed E-state index contributed by atoms with van der Waals surface area (Å²) in [5, 5.41) is 26.5. The number of thiophene rings is 1. The Morgan fingerprint density at radius 2 is 2.43 bits per heavy atom. The molecule has 0 amide bonds. The summed E-state index contributed by atoms with van der Waals surface area (Å²) in [6.07, 6.45) is 1.33. The molecule has 0 bridgehead atoms. The first-order valence-corrected chi connectivity index (χ1v) is 6.81. The van der Waals surface area contributed by atoms with Gasteiger partial charge in [-0.25, -0.2) is 4.98 Å². The standard InChI is InChI=1S/C12H13N5O3S/c1-16(6-8-2-3-21-7-8)12-10(17(19)20)4-9(5-14-12)11(13)15-18/h2-5,7,18H,6H2,1H3,(H2,13,15). The molecule has 0 saturated heterocycles. The van der Waals surface area contributed by atoms with Crippen molar-refractivity contribution >= 4 is 28.7 Å². The van der Waals surface area contributed by atoms with Crippen molar-refractivity contribution < 1.29 is 10.1 Å². The smallest absolute Gasteiger partial charge is 0.312 e. The van der Waals surface area contributed by atoms with Gasteiger partial charge in [0, 0.05) is 31.4 Å². The fraction of sp³-hybridized carbons (Fsp3) is 0.167. The highest BCUT2D eigenvalue weighted by Crippen LogP contribution is 2.27. The van der Waals surface area contributed by atoms with Gasteiger partial charge in [0.05, 0.1) is 4.92 Å². The van der Waals surface area contributed by atoms with Crippen LogP contribution >= 0.6 is 11.3 Å². The van der Waals surface area contributed by atoms with E-state index in [0.29, 0.717) is 6.54 Å². The molecular formula is C12H13N5O3S. The molecule has 0 aliphatic carbocycles. The first-order chi connectivity index (χ1) is 10.0. The van der Waals surface area contributed by atoms with Crippen LogP contribution < -0.4 is 10.6 Å². The molecule has 3 N–H and O–H groups in total. The van der Waals surface area contributed by atoms with Gasteiger partial charge in [-0.2, -0.15) is 11.3 Å². The number of anilines is 1. The monoisotopic (exact) mass is 307 g/mol. The van der Waals surface area contributed by atoms with E-state index in [4.69, 9.17) is 10.9 Å². The lowest BCUT2D eigenvalue weighted by atomic mass is 10.2. The van der Waals surface area contributed by atoms with Crippen molar-refractivity contribution in [1.29, 1.82) is 0 Å². The summed E-state index contributed by atoms with van der Waals surface area (Å²) in [6.45, 7) is 0.500. The van der Waals surface area contributed by atoms with Crippen LogP contribution in [0.4, 0.5) is 11.5 Å². The van der Waals surface area contributed by atoms with E-state index in [1.807, 2.05) is 16.8 Å². The van der Waals surface area contributed by atoms with Crippen LogP contribution in [0.2, 0.25) is 0 Å². The molecular weight excluding hydrogens is 294 g/mol. The zero-order chi connectivity index (χ0) is 15.4. The topological polar surface area (TPSA) is 118 Å². The summed E-state index contributed by atoms with van der Waals surface area (Å²) >= 11 is 1.56. The van der Waals surface area contributed by atoms with Crippen molar-refractivity contribution in [3.05, 3.63) is 50.3 Å². The first-order valence-electron chi connectivity index (χ1n) is 5.87. The SMILES string of the molecule is CN(Cc1ccsc1)c1ncc(/C(N)=N/O)cc1[N+](=O)[O-]. The fourth-order valence-electron chi connectivity index (χ4n) is 1.80. The minimum atomic E-state index is -0.541. The molecule has 0 spiro atoms. The first kappa shape index (κ1) is 14.7. The van der Waals surface area contributed by atoms with Crippen LogP contribution in [-0.2, 0) is 6.54 Å². The lowest BCUT2D eigenvalue weighted by Crippen LogP contribution is -2.20. The molecule has 0 radical (unpaired) electrons. The fourth-order valence-corrected chi connectivity index (χ4v) is 2.46. The molecule has 9 heteroatoms. The van der Waals surface area contributed by atoms with Crippen LogP contribution in [0.25, 0.3) is 0 Å². The number of hydrogen-bond acceptors (Lipinski definition) is 7. The Hall–Kier alpha value is -2.68. The summed E-state index contributed by atoms with van der Waals surface area (Å²) in [4.78, 5) is 16.4. The summed E-state index contributed by atoms with van der Waals surface area (Å²) in [5.41, 5.74) is 6.46. The van der Waals surface area contributed by atoms with Crippen molar-refractivity contribution in [3.8, 4) is 0 Å². The van der Waals surface area contributed by atoms with E-state index < -0.39 is 4.92 Å². The van der Waals surface area contributed by atoms with Crippen LogP contribution in [0.5, 0.6) is 0 Å². The number of rotatable bonds is 5. The number of hydrogen-bond donors (Lipinski definition) is 2. The summed E-state index contributed by atoms with van der Waals surface area (Å²) < 4.78 is 0. The Labute approximate surface area is 124 Å². The number of amidine groups is 1. The summed E-state index contributed by atoms with van der Waals surface area (Å²) in [5.74, 6) is -0.00155. The van der Waals surface area contributed by atoms with Gasteiger partial charge >= 0.3 is 5.69 Å². The van der Waals surface area contributed by atoms with Crippen molar-refractivity contribution in [3.63, 3.8) is 0 Å². The molecule has 21 heavy (non-hydrogen) atoms. The molecule has 110 valence electrons. The predicted molar refractivity (Wildman–Crippen MR) is 79.8 cm³/mol. The molecule has 0 fully saturated rings. The van der Waals surface area contributed by atoms with Gasteiger partial charge in [0.15, 0.2) is 5.84 Å². The van der Waals surface area contributed by atoms with Gasteiger partial charge in [-0.3, -0.25) is 10.1 Å². The number of nitrogens with two attached hydrogens (primary N) is 1. The van der Waals surface area contributed by atoms with E-state index in [9.17, 15) is 10.1 Å². The zero-order valence-electron chi connectivity index (χ0n) is 11.1. The quantitative estimate of drug-likeness (QED) is 0.286. The average Bonchev–Trinajstić information content (AvgIpc) is 2.98. The number of pyridine rings is 1. The van der Waals surface area contributed by atoms with Gasteiger partial charge in [-0.1, -0.05) is 5.16 Å². The molecule has 2 heterocycles. The highest BCUT2D eigenvalue weighted by molar-refractivity contribution is 7.07. The van der Waals surface area contributed by atoms with E-state index in [-0.39, 0.29) is 22.9 Å². The molecule has 0 aliphatic rings. The molecule has 0 aromatic carbocycles. The third-order valence-corrected chi connectivity index (χ3v) is 3.54. The lowest BCUT2D eigenvalue weighted by molar-refractivity contribution is -0.384. The van der Waals surface area contributed by atoms with Crippen LogP contribution in [0, 0.1) is 10.1 Å². The van der Waals surface area contributed by atoms with E-state index in [1.165, 1.54) is 12.3 Å². The van der Waals surface area contributed by atoms with Gasteiger partial charge in [-0.05, 0) is 22.4 Å². The van der Waals surface area contributed by atoms with Crippen LogP contribution in [0.15, 0.2) is 34.2 Å². The van der Waals surface area contributed by atoms with Crippen LogP contribution in [-0.4, -0.2) is 28.0 Å². The van der Waals surface area contributed by atoms with Crippen LogP contribution in [0.1, 0.15) is 11.1 Å². The Balaban J connectivity index is 2.36. The normalized spacial score (nSPS) is 11.4. The molecule has 0 unspecified atom stereocenters. The van der Waals surface area contributed by atoms with E-state index in [2.05, 4.69) is 10.1 Å². The Morgan fingerprint density at radius 1 is 1.67 bits per heavy atom. The highest BCUT2D eigenvalue weighted by Gasteiger charge is 2.21. The van der Waals surface area contributed by atoms with Gasteiger partial charge in [0.2, 0.25) is 5.82 Å². The molecule has 8 nitrogen and oxygen atoms in total. The maximum absolute atomic E-state index is 11.2. The van der Waals surface area contributed by atoms with Crippen molar-refractivity contribution in [1.82, 2.24) is 4.98 Å². The van der Waals surface area contributed by atoms with Gasteiger partial charge < -0.3 is 15.8 Å². The minimum absolute atomic E-state index is 0.192. The van der Waals surface area contributed by atoms with E-state index >= 15 is 0 Å². The van der Waals surface area contributed by atoms with E-state index in [1.54, 1.807) is 23.3 Å². The molecule has 2 aromatic heterocycles. The van der Waals surface area contributed by atoms with Gasteiger partial charge in [0.1, 0.15) is 0 Å². The third-order valence-electron chi connectivity index (χ3n) is 2.81. The second-order valence-corrected chi connectivity index (χ2v) is 5.08. The lowest BCUT2D eigenvalue weighted by Gasteiger charge is -2.17. The number of oxime groups is 1. The number of aromatic nitrogens is 1.